The third-order valence-corrected chi connectivity index (χ3v) is 3.22. The summed E-state index contributed by atoms with van der Waals surface area (Å²) in [6.45, 7) is 2.66. The summed E-state index contributed by atoms with van der Waals surface area (Å²) in [5, 5.41) is 11.4. The van der Waals surface area contributed by atoms with Gasteiger partial charge in [0.1, 0.15) is 5.52 Å². The fraction of sp³-hybridized carbons (Fsp3) is 0.462. The number of nitrogens with zero attached hydrogens (tertiary/aromatic N) is 3. The molecule has 5 heteroatoms. The summed E-state index contributed by atoms with van der Waals surface area (Å²) < 4.78 is 5.35. The van der Waals surface area contributed by atoms with Gasteiger partial charge < -0.3 is 10.1 Å². The summed E-state index contributed by atoms with van der Waals surface area (Å²) in [6.07, 6.45) is 2.26. The molecule has 0 saturated carbocycles. The maximum absolute atomic E-state index is 5.35. The zero-order valence-corrected chi connectivity index (χ0v) is 10.2. The van der Waals surface area contributed by atoms with Crippen LogP contribution in [0.4, 0.5) is 5.95 Å². The molecule has 0 bridgehead atoms. The van der Waals surface area contributed by atoms with Crippen molar-refractivity contribution in [2.45, 2.75) is 12.8 Å². The van der Waals surface area contributed by atoms with Crippen molar-refractivity contribution >= 4 is 17.0 Å². The van der Waals surface area contributed by atoms with Gasteiger partial charge in [-0.05, 0) is 30.9 Å². The first-order chi connectivity index (χ1) is 8.92. The lowest BCUT2D eigenvalue weighted by Gasteiger charge is -2.08. The van der Waals surface area contributed by atoms with E-state index in [4.69, 9.17) is 4.74 Å². The van der Waals surface area contributed by atoms with Crippen LogP contribution < -0.4 is 5.32 Å². The van der Waals surface area contributed by atoms with Crippen LogP contribution in [0, 0.1) is 5.92 Å². The Hall–Kier alpha value is -1.75. The molecule has 1 aliphatic heterocycles. The molecule has 1 N–H and O–H groups in total. The topological polar surface area (TPSA) is 59.9 Å². The molecule has 3 rings (SSSR count). The molecule has 1 atom stereocenters. The highest BCUT2D eigenvalue weighted by Crippen LogP contribution is 2.16. The van der Waals surface area contributed by atoms with Crippen LogP contribution >= 0.6 is 0 Å². The maximum Gasteiger partial charge on any atom is 0.243 e. The maximum atomic E-state index is 5.35. The van der Waals surface area contributed by atoms with Crippen LogP contribution in [0.25, 0.3) is 11.0 Å². The number of anilines is 1. The van der Waals surface area contributed by atoms with Crippen LogP contribution in [0.15, 0.2) is 24.3 Å². The van der Waals surface area contributed by atoms with Crippen LogP contribution in [0.1, 0.15) is 12.8 Å². The molecule has 0 aliphatic carbocycles. The van der Waals surface area contributed by atoms with Crippen LogP contribution in [0.3, 0.4) is 0 Å². The summed E-state index contributed by atoms with van der Waals surface area (Å²) in [4.78, 5) is 4.42. The van der Waals surface area contributed by atoms with Crippen LogP contribution in [-0.2, 0) is 4.74 Å². The molecule has 1 aromatic heterocycles. The van der Waals surface area contributed by atoms with Gasteiger partial charge in [0.25, 0.3) is 0 Å². The van der Waals surface area contributed by atoms with E-state index in [9.17, 15) is 0 Å². The number of ether oxygens (including phenoxy) is 1. The van der Waals surface area contributed by atoms with Crippen molar-refractivity contribution in [2.75, 3.05) is 25.1 Å². The molecule has 2 aromatic rings. The lowest BCUT2D eigenvalue weighted by molar-refractivity contribution is 0.185. The zero-order valence-electron chi connectivity index (χ0n) is 10.2. The van der Waals surface area contributed by atoms with E-state index in [1.165, 1.54) is 6.42 Å². The molecule has 18 heavy (non-hydrogen) atoms. The van der Waals surface area contributed by atoms with Crippen molar-refractivity contribution in [3.63, 3.8) is 0 Å². The predicted molar refractivity (Wildman–Crippen MR) is 69.4 cm³/mol. The highest BCUT2D eigenvalue weighted by Gasteiger charge is 2.14. The number of hydrogen-bond donors (Lipinski definition) is 1. The second-order valence-corrected chi connectivity index (χ2v) is 4.57. The molecule has 0 radical (unpaired) electrons. The van der Waals surface area contributed by atoms with E-state index in [-0.39, 0.29) is 0 Å². The minimum Gasteiger partial charge on any atom is -0.381 e. The van der Waals surface area contributed by atoms with Gasteiger partial charge in [-0.3, -0.25) is 0 Å². The smallest absolute Gasteiger partial charge is 0.243 e. The number of benzene rings is 1. The Balaban J connectivity index is 1.60. The van der Waals surface area contributed by atoms with Gasteiger partial charge in [0.2, 0.25) is 5.95 Å². The molecule has 1 unspecified atom stereocenters. The van der Waals surface area contributed by atoms with E-state index in [1.807, 2.05) is 24.3 Å². The highest BCUT2D eigenvalue weighted by molar-refractivity contribution is 5.73. The lowest BCUT2D eigenvalue weighted by atomic mass is 10.1. The quantitative estimate of drug-likeness (QED) is 0.889. The second kappa shape index (κ2) is 5.27. The molecule has 1 aliphatic rings. The average Bonchev–Trinajstić information content (AvgIpc) is 2.92. The van der Waals surface area contributed by atoms with Gasteiger partial charge in [0.15, 0.2) is 0 Å². The third-order valence-electron chi connectivity index (χ3n) is 3.22. The molecule has 94 valence electrons. The molecule has 5 nitrogen and oxygen atoms in total. The van der Waals surface area contributed by atoms with Crippen LogP contribution in [0.5, 0.6) is 0 Å². The van der Waals surface area contributed by atoms with E-state index in [2.05, 4.69) is 20.5 Å². The van der Waals surface area contributed by atoms with Crippen molar-refractivity contribution in [2.24, 2.45) is 5.92 Å². The number of para-hydroxylation sites is 1. The number of aromatic nitrogens is 3. The Morgan fingerprint density at radius 2 is 2.11 bits per heavy atom. The number of fused-ring (bicyclic) bond motifs is 1. The number of rotatable bonds is 4. The predicted octanol–water partition coefficient (Wildman–Crippen LogP) is 1.86. The first-order valence-corrected chi connectivity index (χ1v) is 6.33. The summed E-state index contributed by atoms with van der Waals surface area (Å²) in [5.74, 6) is 1.28. The van der Waals surface area contributed by atoms with Crippen molar-refractivity contribution in [1.82, 2.24) is 15.2 Å². The van der Waals surface area contributed by atoms with Crippen molar-refractivity contribution in [1.29, 1.82) is 0 Å². The molecule has 0 amide bonds. The summed E-state index contributed by atoms with van der Waals surface area (Å²) in [7, 11) is 0. The highest BCUT2D eigenvalue weighted by atomic mass is 16.5. The fourth-order valence-corrected chi connectivity index (χ4v) is 2.15. The first kappa shape index (κ1) is 11.3. The Bertz CT molecular complexity index is 525. The fourth-order valence-electron chi connectivity index (χ4n) is 2.15. The molecule has 2 heterocycles. The van der Waals surface area contributed by atoms with Crippen molar-refractivity contribution in [3.8, 4) is 0 Å². The van der Waals surface area contributed by atoms with E-state index in [1.54, 1.807) is 0 Å². The summed E-state index contributed by atoms with van der Waals surface area (Å²) >= 11 is 0. The summed E-state index contributed by atoms with van der Waals surface area (Å²) in [5.41, 5.74) is 1.70. The van der Waals surface area contributed by atoms with Crippen LogP contribution in [-0.4, -0.2) is 34.9 Å². The van der Waals surface area contributed by atoms with Gasteiger partial charge in [-0.1, -0.05) is 12.1 Å². The first-order valence-electron chi connectivity index (χ1n) is 6.33. The van der Waals surface area contributed by atoms with Gasteiger partial charge in [0, 0.05) is 19.8 Å². The Morgan fingerprint density at radius 3 is 2.94 bits per heavy atom. The largest absolute Gasteiger partial charge is 0.381 e. The molecule has 1 saturated heterocycles. The Labute approximate surface area is 106 Å². The normalized spacial score (nSPS) is 19.2. The lowest BCUT2D eigenvalue weighted by Crippen LogP contribution is -2.11. The zero-order chi connectivity index (χ0) is 12.2. The second-order valence-electron chi connectivity index (χ2n) is 4.57. The molecule has 0 spiro atoms. The van der Waals surface area contributed by atoms with Crippen molar-refractivity contribution < 1.29 is 4.74 Å². The van der Waals surface area contributed by atoms with Gasteiger partial charge in [-0.25, -0.2) is 4.98 Å². The average molecular weight is 244 g/mol. The Morgan fingerprint density at radius 1 is 1.22 bits per heavy atom. The van der Waals surface area contributed by atoms with Gasteiger partial charge >= 0.3 is 0 Å². The summed E-state index contributed by atoms with van der Waals surface area (Å²) in [6, 6.07) is 7.75. The SMILES string of the molecule is c1ccc2nc(NCCC3CCOC3)nnc2c1. The van der Waals surface area contributed by atoms with Gasteiger partial charge in [-0.2, -0.15) is 0 Å². The van der Waals surface area contributed by atoms with Crippen molar-refractivity contribution in [3.05, 3.63) is 24.3 Å². The van der Waals surface area contributed by atoms with Crippen LogP contribution in [0.2, 0.25) is 0 Å². The van der Waals surface area contributed by atoms with Gasteiger partial charge in [-0.15, -0.1) is 10.2 Å². The molecule has 1 aromatic carbocycles. The Kier molecular flexibility index (Phi) is 3.32. The van der Waals surface area contributed by atoms with E-state index >= 15 is 0 Å². The van der Waals surface area contributed by atoms with E-state index in [0.717, 1.165) is 37.2 Å². The number of hydrogen-bond acceptors (Lipinski definition) is 5. The van der Waals surface area contributed by atoms with E-state index in [0.29, 0.717) is 11.9 Å². The minimum absolute atomic E-state index is 0.604. The minimum atomic E-state index is 0.604. The standard InChI is InChI=1S/C13H16N4O/c1-2-4-12-11(3-1)15-13(17-16-12)14-7-5-10-6-8-18-9-10/h1-4,10H,5-9H2,(H,14,15,17). The van der Waals surface area contributed by atoms with E-state index < -0.39 is 0 Å². The number of nitrogens with one attached hydrogen (secondary N) is 1. The molecular formula is C13H16N4O. The molecular weight excluding hydrogens is 228 g/mol. The third kappa shape index (κ3) is 2.56. The van der Waals surface area contributed by atoms with Gasteiger partial charge in [0.05, 0.1) is 5.52 Å². The monoisotopic (exact) mass is 244 g/mol. The molecule has 1 fully saturated rings.